The summed E-state index contributed by atoms with van der Waals surface area (Å²) in [6, 6.07) is 14.6. The van der Waals surface area contributed by atoms with Gasteiger partial charge in [0.25, 0.3) is 0 Å². The molecule has 24 heavy (non-hydrogen) atoms. The third-order valence-corrected chi connectivity index (χ3v) is 3.36. The van der Waals surface area contributed by atoms with Crippen LogP contribution in [0.2, 0.25) is 0 Å². The highest BCUT2D eigenvalue weighted by atomic mass is 16.7. The van der Waals surface area contributed by atoms with Gasteiger partial charge in [0, 0.05) is 0 Å². The van der Waals surface area contributed by atoms with Gasteiger partial charge in [0.15, 0.2) is 6.61 Å². The van der Waals surface area contributed by atoms with Gasteiger partial charge in [-0.1, -0.05) is 24.2 Å². The highest BCUT2D eigenvalue weighted by Gasteiger charge is 2.09. The van der Waals surface area contributed by atoms with Crippen LogP contribution >= 0.6 is 0 Å². The van der Waals surface area contributed by atoms with Crippen molar-refractivity contribution in [2.45, 2.75) is 13.3 Å². The Labute approximate surface area is 140 Å². The molecule has 0 fully saturated rings. The van der Waals surface area contributed by atoms with Crippen molar-refractivity contribution in [2.75, 3.05) is 13.7 Å². The van der Waals surface area contributed by atoms with Gasteiger partial charge < -0.3 is 9.47 Å². The van der Waals surface area contributed by atoms with E-state index in [9.17, 15) is 4.79 Å². The van der Waals surface area contributed by atoms with Crippen molar-refractivity contribution in [1.29, 1.82) is 0 Å². The number of hydrogen-bond donors (Lipinski definition) is 2. The molecule has 0 aliphatic carbocycles. The number of carbonyl (C=O) groups is 1. The Morgan fingerprint density at radius 2 is 1.67 bits per heavy atom. The number of nitrogens with two attached hydrogens (primary N) is 1. The summed E-state index contributed by atoms with van der Waals surface area (Å²) in [7, 11) is 1.58. The van der Waals surface area contributed by atoms with E-state index in [1.807, 2.05) is 24.3 Å². The summed E-state index contributed by atoms with van der Waals surface area (Å²) in [5, 5.41) is 2.41. The number of nitrogens with one attached hydrogen (secondary N) is 1. The van der Waals surface area contributed by atoms with Crippen LogP contribution in [0.1, 0.15) is 18.1 Å². The van der Waals surface area contributed by atoms with E-state index in [-0.39, 0.29) is 12.4 Å². The number of carbonyl (C=O) groups excluding carboxylic acids is 1. The molecule has 0 unspecified atom stereocenters. The van der Waals surface area contributed by atoms with E-state index in [0.29, 0.717) is 17.1 Å². The standard InChI is InChI=1S/C18H20N2O4/c1-3-13-4-8-16(9-5-13)23-12-17(21)24-20-18(19)14-6-10-15(22-2)11-7-14/h4-11H,3,12H2,1-2H3,(H2,19,20)/p+1. The van der Waals surface area contributed by atoms with Gasteiger partial charge in [-0.3, -0.25) is 10.6 Å². The second-order valence-electron chi connectivity index (χ2n) is 5.00. The van der Waals surface area contributed by atoms with E-state index in [2.05, 4.69) is 12.1 Å². The lowest BCUT2D eigenvalue weighted by Crippen LogP contribution is -2.76. The average molecular weight is 329 g/mol. The van der Waals surface area contributed by atoms with Crippen molar-refractivity contribution < 1.29 is 24.3 Å². The molecule has 0 aliphatic heterocycles. The second-order valence-corrected chi connectivity index (χ2v) is 5.00. The Hall–Kier alpha value is -3.02. The van der Waals surface area contributed by atoms with Gasteiger partial charge in [-0.05, 0) is 48.4 Å². The van der Waals surface area contributed by atoms with Gasteiger partial charge in [0.1, 0.15) is 11.5 Å². The lowest BCUT2D eigenvalue weighted by atomic mass is 10.2. The third kappa shape index (κ3) is 5.01. The third-order valence-electron chi connectivity index (χ3n) is 3.36. The molecule has 0 radical (unpaired) electrons. The minimum Gasteiger partial charge on any atom is -0.497 e. The first-order chi connectivity index (χ1) is 11.6. The Morgan fingerprint density at radius 1 is 1.04 bits per heavy atom. The van der Waals surface area contributed by atoms with Gasteiger partial charge in [-0.25, -0.2) is 4.79 Å². The molecule has 0 aromatic heterocycles. The second kappa shape index (κ2) is 8.57. The zero-order valence-electron chi connectivity index (χ0n) is 13.7. The summed E-state index contributed by atoms with van der Waals surface area (Å²) in [6.45, 7) is 1.86. The van der Waals surface area contributed by atoms with Crippen molar-refractivity contribution in [3.8, 4) is 11.5 Å². The minimum absolute atomic E-state index is 0.214. The molecule has 0 atom stereocenters. The molecular formula is C18H21N2O4+. The zero-order chi connectivity index (χ0) is 17.4. The van der Waals surface area contributed by atoms with E-state index in [1.54, 1.807) is 31.4 Å². The fraction of sp³-hybridized carbons (Fsp3) is 0.222. The largest absolute Gasteiger partial charge is 0.497 e. The van der Waals surface area contributed by atoms with Gasteiger partial charge in [0.05, 0.1) is 12.7 Å². The SMILES string of the molecule is CCc1ccc(OCC(=O)O[NH+]=C(N)c2ccc(OC)cc2)cc1. The number of nitrogen functional groups attached to an aromatic ring is 1. The molecule has 0 bridgehead atoms. The molecule has 6 nitrogen and oxygen atoms in total. The van der Waals surface area contributed by atoms with E-state index in [0.717, 1.165) is 6.42 Å². The molecule has 2 aromatic rings. The molecule has 0 heterocycles. The van der Waals surface area contributed by atoms with Crippen LogP contribution in [0.25, 0.3) is 0 Å². The summed E-state index contributed by atoms with van der Waals surface area (Å²) < 4.78 is 10.4. The highest BCUT2D eigenvalue weighted by molar-refractivity contribution is 5.93. The molecule has 2 rings (SSSR count). The first-order valence-corrected chi connectivity index (χ1v) is 7.56. The van der Waals surface area contributed by atoms with Gasteiger partial charge >= 0.3 is 11.8 Å². The normalized spacial score (nSPS) is 11.0. The van der Waals surface area contributed by atoms with Crippen LogP contribution in [0.5, 0.6) is 11.5 Å². The molecule has 2 aromatic carbocycles. The number of amidine groups is 1. The maximum absolute atomic E-state index is 11.7. The highest BCUT2D eigenvalue weighted by Crippen LogP contribution is 2.12. The van der Waals surface area contributed by atoms with E-state index in [1.165, 1.54) is 5.56 Å². The number of benzene rings is 2. The van der Waals surface area contributed by atoms with Crippen LogP contribution in [-0.2, 0) is 16.1 Å². The Balaban J connectivity index is 1.84. The van der Waals surface area contributed by atoms with Gasteiger partial charge in [-0.15, -0.1) is 0 Å². The maximum Gasteiger partial charge on any atom is 0.394 e. The van der Waals surface area contributed by atoms with Gasteiger partial charge in [0.2, 0.25) is 0 Å². The zero-order valence-corrected chi connectivity index (χ0v) is 13.7. The van der Waals surface area contributed by atoms with E-state index in [4.69, 9.17) is 20.0 Å². The Bertz CT molecular complexity index is 694. The monoisotopic (exact) mass is 329 g/mol. The van der Waals surface area contributed by atoms with E-state index >= 15 is 0 Å². The molecule has 0 saturated carbocycles. The number of aryl methyl sites for hydroxylation is 1. The molecule has 0 saturated heterocycles. The molecule has 0 spiro atoms. The van der Waals surface area contributed by atoms with Crippen LogP contribution in [0.15, 0.2) is 48.5 Å². The minimum atomic E-state index is -0.578. The summed E-state index contributed by atoms with van der Waals surface area (Å²) >= 11 is 0. The fourth-order valence-electron chi connectivity index (χ4n) is 1.93. The summed E-state index contributed by atoms with van der Waals surface area (Å²) in [5.41, 5.74) is 7.70. The topological polar surface area (TPSA) is 84.8 Å². The molecule has 126 valence electrons. The quantitative estimate of drug-likeness (QED) is 0.336. The maximum atomic E-state index is 11.7. The summed E-state index contributed by atoms with van der Waals surface area (Å²) in [5.74, 6) is 0.964. The van der Waals surface area contributed by atoms with Crippen molar-refractivity contribution in [3.05, 3.63) is 59.7 Å². The van der Waals surface area contributed by atoms with Crippen LogP contribution in [0, 0.1) is 0 Å². The predicted octanol–water partition coefficient (Wildman–Crippen LogP) is 0.581. The number of rotatable bonds is 7. The van der Waals surface area contributed by atoms with Crippen molar-refractivity contribution in [1.82, 2.24) is 0 Å². The lowest BCUT2D eigenvalue weighted by molar-refractivity contribution is -0.724. The molecule has 6 heteroatoms. The lowest BCUT2D eigenvalue weighted by Gasteiger charge is -2.04. The van der Waals surface area contributed by atoms with Crippen LogP contribution < -0.4 is 20.4 Å². The fourth-order valence-corrected chi connectivity index (χ4v) is 1.93. The first kappa shape index (κ1) is 17.3. The Kier molecular flexibility index (Phi) is 6.19. The van der Waals surface area contributed by atoms with Crippen LogP contribution in [-0.4, -0.2) is 25.5 Å². The number of hydrogen-bond acceptors (Lipinski definition) is 4. The number of methoxy groups -OCH3 is 1. The van der Waals surface area contributed by atoms with Crippen LogP contribution in [0.4, 0.5) is 0 Å². The molecule has 0 aliphatic rings. The molecule has 3 N–H and O–H groups in total. The number of ether oxygens (including phenoxy) is 2. The predicted molar refractivity (Wildman–Crippen MR) is 89.7 cm³/mol. The Morgan fingerprint density at radius 3 is 2.25 bits per heavy atom. The summed E-state index contributed by atoms with van der Waals surface area (Å²) in [4.78, 5) is 16.6. The van der Waals surface area contributed by atoms with Crippen molar-refractivity contribution in [3.63, 3.8) is 0 Å². The molecular weight excluding hydrogens is 308 g/mol. The van der Waals surface area contributed by atoms with Crippen LogP contribution in [0.3, 0.4) is 0 Å². The van der Waals surface area contributed by atoms with E-state index < -0.39 is 5.97 Å². The molecule has 0 amide bonds. The van der Waals surface area contributed by atoms with Crippen molar-refractivity contribution in [2.24, 2.45) is 5.73 Å². The first-order valence-electron chi connectivity index (χ1n) is 7.56. The van der Waals surface area contributed by atoms with Gasteiger partial charge in [-0.2, -0.15) is 0 Å². The average Bonchev–Trinajstić information content (AvgIpc) is 2.64. The smallest absolute Gasteiger partial charge is 0.394 e. The summed E-state index contributed by atoms with van der Waals surface area (Å²) in [6.07, 6.45) is 0.951. The van der Waals surface area contributed by atoms with Crippen molar-refractivity contribution >= 4 is 11.8 Å².